The highest BCUT2D eigenvalue weighted by atomic mass is 16.1. The highest BCUT2D eigenvalue weighted by molar-refractivity contribution is 5.77. The number of rotatable bonds is 6. The summed E-state index contributed by atoms with van der Waals surface area (Å²) in [5.41, 5.74) is 10.4. The summed E-state index contributed by atoms with van der Waals surface area (Å²) >= 11 is 0. The predicted octanol–water partition coefficient (Wildman–Crippen LogP) is 3.68. The summed E-state index contributed by atoms with van der Waals surface area (Å²) < 4.78 is 0. The molecule has 0 saturated carbocycles. The van der Waals surface area contributed by atoms with Gasteiger partial charge < -0.3 is 16.0 Å². The van der Waals surface area contributed by atoms with Crippen molar-refractivity contribution >= 4 is 17.3 Å². The van der Waals surface area contributed by atoms with E-state index < -0.39 is 0 Å². The number of carbonyl (C=O) groups excluding carboxylic acids is 1. The Morgan fingerprint density at radius 2 is 1.88 bits per heavy atom. The maximum atomic E-state index is 12.2. The highest BCUT2D eigenvalue weighted by Crippen LogP contribution is 2.28. The van der Waals surface area contributed by atoms with Gasteiger partial charge in [0.15, 0.2) is 0 Å². The lowest BCUT2D eigenvalue weighted by molar-refractivity contribution is -0.121. The first-order valence-corrected chi connectivity index (χ1v) is 9.11. The van der Waals surface area contributed by atoms with Crippen LogP contribution >= 0.6 is 0 Å². The van der Waals surface area contributed by atoms with Crippen molar-refractivity contribution in [3.63, 3.8) is 0 Å². The molecule has 1 heterocycles. The lowest BCUT2D eigenvalue weighted by Gasteiger charge is -2.20. The van der Waals surface area contributed by atoms with Gasteiger partial charge in [0.1, 0.15) is 0 Å². The second-order valence-electron chi connectivity index (χ2n) is 6.79. The van der Waals surface area contributed by atoms with E-state index in [0.29, 0.717) is 12.8 Å². The number of nitrogens with one attached hydrogen (secondary N) is 1. The van der Waals surface area contributed by atoms with Gasteiger partial charge >= 0.3 is 0 Å². The largest absolute Gasteiger partial charge is 0.397 e. The van der Waals surface area contributed by atoms with E-state index in [-0.39, 0.29) is 11.9 Å². The molecular weight excluding hydrogens is 310 g/mol. The summed E-state index contributed by atoms with van der Waals surface area (Å²) in [6, 6.07) is 16.3. The maximum absolute atomic E-state index is 12.2. The molecule has 0 aromatic heterocycles. The lowest BCUT2D eigenvalue weighted by Crippen LogP contribution is -2.26. The van der Waals surface area contributed by atoms with Gasteiger partial charge in [0.05, 0.1) is 17.4 Å². The Morgan fingerprint density at radius 1 is 1.16 bits per heavy atom. The molecule has 0 aliphatic carbocycles. The van der Waals surface area contributed by atoms with Crippen LogP contribution < -0.4 is 16.0 Å². The third kappa shape index (κ3) is 4.53. The van der Waals surface area contributed by atoms with Crippen LogP contribution in [0, 0.1) is 0 Å². The van der Waals surface area contributed by atoms with Crippen molar-refractivity contribution in [3.8, 4) is 0 Å². The van der Waals surface area contributed by atoms with E-state index >= 15 is 0 Å². The molecule has 3 N–H and O–H groups in total. The third-order valence-corrected chi connectivity index (χ3v) is 4.86. The topological polar surface area (TPSA) is 58.4 Å². The van der Waals surface area contributed by atoms with Gasteiger partial charge in [-0.3, -0.25) is 4.79 Å². The van der Waals surface area contributed by atoms with Crippen LogP contribution in [0.5, 0.6) is 0 Å². The van der Waals surface area contributed by atoms with Gasteiger partial charge in [-0.1, -0.05) is 36.4 Å². The Morgan fingerprint density at radius 3 is 2.56 bits per heavy atom. The van der Waals surface area contributed by atoms with E-state index in [2.05, 4.69) is 22.3 Å². The van der Waals surface area contributed by atoms with Crippen LogP contribution in [0.2, 0.25) is 0 Å². The summed E-state index contributed by atoms with van der Waals surface area (Å²) in [4.78, 5) is 14.6. The smallest absolute Gasteiger partial charge is 0.220 e. The van der Waals surface area contributed by atoms with Crippen LogP contribution in [-0.2, 0) is 11.2 Å². The van der Waals surface area contributed by atoms with Crippen molar-refractivity contribution < 1.29 is 4.79 Å². The zero-order valence-corrected chi connectivity index (χ0v) is 14.9. The molecule has 4 heteroatoms. The van der Waals surface area contributed by atoms with Crippen molar-refractivity contribution in [1.29, 1.82) is 0 Å². The first-order chi connectivity index (χ1) is 12.1. The number of aryl methyl sites for hydroxylation is 1. The number of hydrogen-bond donors (Lipinski definition) is 2. The van der Waals surface area contributed by atoms with Gasteiger partial charge in [-0.05, 0) is 49.4 Å². The fraction of sp³-hybridized carbons (Fsp3) is 0.381. The van der Waals surface area contributed by atoms with Crippen molar-refractivity contribution in [1.82, 2.24) is 5.32 Å². The number of nitrogen functional groups attached to an aromatic ring is 1. The van der Waals surface area contributed by atoms with Crippen LogP contribution in [0.4, 0.5) is 11.4 Å². The number of anilines is 2. The number of nitrogens with two attached hydrogens (primary N) is 1. The normalized spacial score (nSPS) is 15.2. The molecule has 3 rings (SSSR count). The highest BCUT2D eigenvalue weighted by Gasteiger charge is 2.15. The van der Waals surface area contributed by atoms with E-state index in [4.69, 9.17) is 5.73 Å². The van der Waals surface area contributed by atoms with Crippen molar-refractivity contribution in [2.45, 2.75) is 38.6 Å². The van der Waals surface area contributed by atoms with Gasteiger partial charge in [-0.15, -0.1) is 0 Å². The monoisotopic (exact) mass is 337 g/mol. The van der Waals surface area contributed by atoms with Gasteiger partial charge in [0.25, 0.3) is 0 Å². The van der Waals surface area contributed by atoms with Crippen LogP contribution in [-0.4, -0.2) is 19.0 Å². The van der Waals surface area contributed by atoms with Crippen molar-refractivity contribution in [3.05, 3.63) is 59.7 Å². The molecule has 25 heavy (non-hydrogen) atoms. The van der Waals surface area contributed by atoms with Crippen LogP contribution in [0.3, 0.4) is 0 Å². The molecule has 1 aliphatic heterocycles. The lowest BCUT2D eigenvalue weighted by atomic mass is 10.1. The van der Waals surface area contributed by atoms with Crippen LogP contribution in [0.25, 0.3) is 0 Å². The molecule has 0 radical (unpaired) electrons. The van der Waals surface area contributed by atoms with E-state index in [1.165, 1.54) is 12.8 Å². The summed E-state index contributed by atoms with van der Waals surface area (Å²) in [5, 5.41) is 3.06. The molecule has 0 bridgehead atoms. The quantitative estimate of drug-likeness (QED) is 0.791. The number of carbonyl (C=O) groups is 1. The molecule has 1 unspecified atom stereocenters. The van der Waals surface area contributed by atoms with Crippen molar-refractivity contribution in [2.75, 3.05) is 23.7 Å². The van der Waals surface area contributed by atoms with Crippen LogP contribution in [0.15, 0.2) is 48.5 Å². The number of nitrogens with zero attached hydrogens (tertiary/aromatic N) is 1. The third-order valence-electron chi connectivity index (χ3n) is 4.86. The zero-order valence-electron chi connectivity index (χ0n) is 14.9. The summed E-state index contributed by atoms with van der Waals surface area (Å²) in [7, 11) is 0. The first kappa shape index (κ1) is 17.3. The summed E-state index contributed by atoms with van der Waals surface area (Å²) in [6.45, 7) is 4.18. The number of amides is 1. The van der Waals surface area contributed by atoms with Gasteiger partial charge in [0.2, 0.25) is 5.91 Å². The number of hydrogen-bond acceptors (Lipinski definition) is 3. The fourth-order valence-corrected chi connectivity index (χ4v) is 3.40. The summed E-state index contributed by atoms with van der Waals surface area (Å²) in [6.07, 6.45) is 3.65. The maximum Gasteiger partial charge on any atom is 0.220 e. The second kappa shape index (κ2) is 8.06. The Bertz CT molecular complexity index is 708. The minimum Gasteiger partial charge on any atom is -0.397 e. The van der Waals surface area contributed by atoms with Gasteiger partial charge in [-0.2, -0.15) is 0 Å². The second-order valence-corrected chi connectivity index (χ2v) is 6.79. The van der Waals surface area contributed by atoms with Crippen LogP contribution in [0.1, 0.15) is 43.4 Å². The molecular formula is C21H27N3O. The Labute approximate surface area is 150 Å². The minimum absolute atomic E-state index is 0.0244. The predicted molar refractivity (Wildman–Crippen MR) is 104 cm³/mol. The SMILES string of the molecule is CC(NC(=O)CCc1ccc(N2CCCC2)c(N)c1)c1ccccc1. The van der Waals surface area contributed by atoms with E-state index in [0.717, 1.165) is 35.6 Å². The van der Waals surface area contributed by atoms with E-state index in [9.17, 15) is 4.79 Å². The Kier molecular flexibility index (Phi) is 5.59. The average Bonchev–Trinajstić information content (AvgIpc) is 3.15. The first-order valence-electron chi connectivity index (χ1n) is 9.11. The molecule has 1 atom stereocenters. The van der Waals surface area contributed by atoms with Gasteiger partial charge in [-0.25, -0.2) is 0 Å². The van der Waals surface area contributed by atoms with Gasteiger partial charge in [0, 0.05) is 19.5 Å². The fourth-order valence-electron chi connectivity index (χ4n) is 3.40. The van der Waals surface area contributed by atoms with Crippen molar-refractivity contribution in [2.24, 2.45) is 0 Å². The minimum atomic E-state index is 0.0244. The molecule has 2 aromatic rings. The molecule has 1 aliphatic rings. The Balaban J connectivity index is 1.52. The van der Waals surface area contributed by atoms with E-state index in [1.54, 1.807) is 0 Å². The molecule has 2 aromatic carbocycles. The standard InChI is InChI=1S/C21H27N3O/c1-16(18-7-3-2-4-8-18)23-21(25)12-10-17-9-11-20(19(22)15-17)24-13-5-6-14-24/h2-4,7-9,11,15-16H,5-6,10,12-14,22H2,1H3,(H,23,25). The molecule has 4 nitrogen and oxygen atoms in total. The molecule has 1 amide bonds. The molecule has 132 valence electrons. The molecule has 1 fully saturated rings. The average molecular weight is 337 g/mol. The Hall–Kier alpha value is -2.49. The summed E-state index contributed by atoms with van der Waals surface area (Å²) in [5.74, 6) is 0.0681. The molecule has 1 saturated heterocycles. The zero-order chi connectivity index (χ0) is 17.6. The van der Waals surface area contributed by atoms with E-state index in [1.807, 2.05) is 43.3 Å². The molecule has 0 spiro atoms. The number of benzene rings is 2.